The summed E-state index contributed by atoms with van der Waals surface area (Å²) in [5.41, 5.74) is 8.95. The summed E-state index contributed by atoms with van der Waals surface area (Å²) in [6.07, 6.45) is 3.90. The van der Waals surface area contributed by atoms with Gasteiger partial charge in [-0.05, 0) is 42.5 Å². The highest BCUT2D eigenvalue weighted by Crippen LogP contribution is 2.35. The second kappa shape index (κ2) is 7.63. The van der Waals surface area contributed by atoms with E-state index in [-0.39, 0.29) is 18.3 Å². The van der Waals surface area contributed by atoms with Crippen molar-refractivity contribution >= 4 is 22.1 Å². The number of halogens is 1. The molecule has 0 saturated carbocycles. The maximum Gasteiger partial charge on any atom is 0.185 e. The van der Waals surface area contributed by atoms with Crippen LogP contribution in [-0.4, -0.2) is 34.6 Å². The van der Waals surface area contributed by atoms with Crippen LogP contribution in [0.3, 0.4) is 0 Å². The van der Waals surface area contributed by atoms with Crippen molar-refractivity contribution in [2.75, 3.05) is 5.73 Å². The standard InChI is InChI=1S/C21H20FN9OS/c1-12-3-5-15-21(24)25-9-16(27-15)20-17(28-30(2)18(20)8-23)10-31-11-26-29-33(31,32)19-6-4-13(22)7-14(12)19/h4,6-7,9,11-12H,3,5,10H2,1-2H3,(H2,24,25)/t12-,33?/m0/s1. The highest BCUT2D eigenvalue weighted by molar-refractivity contribution is 7.92. The highest BCUT2D eigenvalue weighted by Gasteiger charge is 2.32. The molecule has 33 heavy (non-hydrogen) atoms. The molecular weight excluding hydrogens is 445 g/mol. The molecule has 0 spiro atoms. The Morgan fingerprint density at radius 3 is 2.94 bits per heavy atom. The van der Waals surface area contributed by atoms with Crippen LogP contribution in [0.4, 0.5) is 10.2 Å². The number of aromatic nitrogens is 4. The van der Waals surface area contributed by atoms with Crippen LogP contribution in [0.2, 0.25) is 0 Å². The minimum Gasteiger partial charge on any atom is -0.382 e. The van der Waals surface area contributed by atoms with Crippen LogP contribution in [0.5, 0.6) is 0 Å². The Balaban J connectivity index is 1.78. The molecule has 0 saturated heterocycles. The van der Waals surface area contributed by atoms with Crippen LogP contribution in [-0.2, 0) is 29.9 Å². The summed E-state index contributed by atoms with van der Waals surface area (Å²) in [4.78, 5) is 9.39. The summed E-state index contributed by atoms with van der Waals surface area (Å²) >= 11 is 0. The third-order valence-corrected chi connectivity index (χ3v) is 8.04. The van der Waals surface area contributed by atoms with Gasteiger partial charge in [-0.15, -0.1) is 5.10 Å². The number of hydrogen-bond donors (Lipinski definition) is 1. The minimum absolute atomic E-state index is 0.0449. The summed E-state index contributed by atoms with van der Waals surface area (Å²) < 4.78 is 35.4. The van der Waals surface area contributed by atoms with Crippen LogP contribution >= 0.6 is 0 Å². The normalized spacial score (nSPS) is 21.5. The number of hydrogen-bond acceptors (Lipinski definition) is 8. The average molecular weight is 466 g/mol. The predicted molar refractivity (Wildman–Crippen MR) is 119 cm³/mol. The third-order valence-electron chi connectivity index (χ3n) is 5.92. The van der Waals surface area contributed by atoms with Gasteiger partial charge < -0.3 is 5.73 Å². The highest BCUT2D eigenvalue weighted by atomic mass is 32.2. The molecule has 2 aliphatic heterocycles. The molecule has 168 valence electrons. The number of rotatable bonds is 0. The van der Waals surface area contributed by atoms with Crippen molar-refractivity contribution < 1.29 is 8.60 Å². The Hall–Kier alpha value is -3.85. The van der Waals surface area contributed by atoms with Gasteiger partial charge in [0.1, 0.15) is 29.7 Å². The van der Waals surface area contributed by atoms with Gasteiger partial charge in [0.15, 0.2) is 9.92 Å². The fourth-order valence-electron chi connectivity index (χ4n) is 4.18. The van der Waals surface area contributed by atoms with Crippen molar-refractivity contribution in [1.82, 2.24) is 24.1 Å². The van der Waals surface area contributed by atoms with Crippen LogP contribution in [0, 0.1) is 17.1 Å². The van der Waals surface area contributed by atoms with Crippen LogP contribution < -0.4 is 5.73 Å². The van der Waals surface area contributed by atoms with E-state index in [1.165, 1.54) is 39.7 Å². The third kappa shape index (κ3) is 3.32. The lowest BCUT2D eigenvalue weighted by molar-refractivity contribution is 0.579. The largest absolute Gasteiger partial charge is 0.382 e. The fourth-order valence-corrected chi connectivity index (χ4v) is 6.07. The molecule has 10 nitrogen and oxygen atoms in total. The minimum atomic E-state index is -3.20. The summed E-state index contributed by atoms with van der Waals surface area (Å²) in [6.45, 7) is 1.97. The predicted octanol–water partition coefficient (Wildman–Crippen LogP) is 2.72. The van der Waals surface area contributed by atoms with Crippen molar-refractivity contribution in [2.45, 2.75) is 37.1 Å². The number of nitrogens with zero attached hydrogens (tertiary/aromatic N) is 8. The van der Waals surface area contributed by atoms with Crippen molar-refractivity contribution in [1.29, 1.82) is 5.26 Å². The molecule has 3 aromatic rings. The molecule has 0 aliphatic carbocycles. The number of nitrogen functional groups attached to an aromatic ring is 1. The topological polar surface area (TPSA) is 138 Å². The monoisotopic (exact) mass is 465 g/mol. The van der Waals surface area contributed by atoms with Gasteiger partial charge in [0.05, 0.1) is 40.3 Å². The van der Waals surface area contributed by atoms with Crippen molar-refractivity contribution in [3.8, 4) is 17.3 Å². The van der Waals surface area contributed by atoms with Gasteiger partial charge in [-0.25, -0.2) is 18.6 Å². The van der Waals surface area contributed by atoms with E-state index in [4.69, 9.17) is 10.7 Å². The molecule has 2 aliphatic rings. The smallest absolute Gasteiger partial charge is 0.185 e. The Bertz CT molecular complexity index is 1480. The summed E-state index contributed by atoms with van der Waals surface area (Å²) in [5.74, 6) is -0.308. The quantitative estimate of drug-likeness (QED) is 0.542. The van der Waals surface area contributed by atoms with E-state index in [1.54, 1.807) is 7.05 Å². The maximum atomic E-state index is 14.2. The molecule has 2 aromatic heterocycles. The zero-order valence-electron chi connectivity index (χ0n) is 17.9. The maximum absolute atomic E-state index is 14.2. The molecule has 1 unspecified atom stereocenters. The second-order valence-corrected chi connectivity index (χ2v) is 10.1. The Labute approximate surface area is 189 Å². The van der Waals surface area contributed by atoms with E-state index in [9.17, 15) is 13.9 Å². The van der Waals surface area contributed by atoms with Crippen molar-refractivity contribution in [2.24, 2.45) is 16.6 Å². The molecule has 0 fully saturated rings. The van der Waals surface area contributed by atoms with Gasteiger partial charge >= 0.3 is 0 Å². The Kier molecular flexibility index (Phi) is 4.86. The lowest BCUT2D eigenvalue weighted by atomic mass is 9.95. The van der Waals surface area contributed by atoms with Crippen LogP contribution in [0.25, 0.3) is 11.3 Å². The van der Waals surface area contributed by atoms with Gasteiger partial charge in [0, 0.05) is 7.05 Å². The zero-order valence-corrected chi connectivity index (χ0v) is 18.8. The summed E-state index contributed by atoms with van der Waals surface area (Å²) in [6, 6.07) is 6.33. The zero-order chi connectivity index (χ0) is 23.3. The van der Waals surface area contributed by atoms with E-state index >= 15 is 0 Å². The fraction of sp³-hybridized carbons (Fsp3) is 0.286. The van der Waals surface area contributed by atoms with Crippen LogP contribution in [0.1, 0.15) is 41.9 Å². The lowest BCUT2D eigenvalue weighted by Gasteiger charge is -2.23. The molecule has 5 rings (SSSR count). The van der Waals surface area contributed by atoms with Crippen LogP contribution in [0.15, 0.2) is 38.9 Å². The number of fused-ring (bicyclic) bond motifs is 7. The molecule has 12 heteroatoms. The molecule has 4 heterocycles. The second-order valence-electron chi connectivity index (χ2n) is 8.00. The number of anilines is 1. The molecule has 0 radical (unpaired) electrons. The van der Waals surface area contributed by atoms with E-state index in [0.29, 0.717) is 51.6 Å². The van der Waals surface area contributed by atoms with E-state index in [1.807, 2.05) is 6.92 Å². The summed E-state index contributed by atoms with van der Waals surface area (Å²) in [7, 11) is -1.55. The first kappa shape index (κ1) is 21.0. The SMILES string of the molecule is C[C@H]1CCc2nc(cnc2N)-c2c(nn(C)c2C#N)CN2C=NN=S2(=O)c2ccc(F)cc21. The van der Waals surface area contributed by atoms with E-state index in [0.717, 1.165) is 0 Å². The van der Waals surface area contributed by atoms with Gasteiger partial charge in [-0.1, -0.05) is 11.4 Å². The van der Waals surface area contributed by atoms with Gasteiger partial charge in [0.25, 0.3) is 0 Å². The first-order valence-corrected chi connectivity index (χ1v) is 11.7. The van der Waals surface area contributed by atoms with Gasteiger partial charge in [-0.3, -0.25) is 8.99 Å². The molecule has 2 N–H and O–H groups in total. The van der Waals surface area contributed by atoms with Gasteiger partial charge in [0.2, 0.25) is 0 Å². The molecular formula is C21H20FN9OS. The van der Waals surface area contributed by atoms with Gasteiger partial charge in [-0.2, -0.15) is 10.4 Å². The first-order chi connectivity index (χ1) is 15.8. The number of benzene rings is 1. The lowest BCUT2D eigenvalue weighted by Crippen LogP contribution is -2.27. The Morgan fingerprint density at radius 2 is 2.15 bits per heavy atom. The van der Waals surface area contributed by atoms with Crippen molar-refractivity contribution in [3.05, 3.63) is 52.9 Å². The number of aryl methyl sites for hydroxylation is 2. The average Bonchev–Trinajstić information content (AvgIpc) is 3.31. The Morgan fingerprint density at radius 1 is 1.33 bits per heavy atom. The van der Waals surface area contributed by atoms with Crippen molar-refractivity contribution in [3.63, 3.8) is 0 Å². The van der Waals surface area contributed by atoms with E-state index < -0.39 is 15.7 Å². The molecule has 0 amide bonds. The molecule has 2 atom stereocenters. The number of nitrogens with two attached hydrogens (primary N) is 1. The first-order valence-electron chi connectivity index (χ1n) is 10.3. The molecule has 1 aromatic carbocycles. The molecule has 2 bridgehead atoms. The summed E-state index contributed by atoms with van der Waals surface area (Å²) in [5, 5.41) is 18.2. The van der Waals surface area contributed by atoms with E-state index in [2.05, 4.69) is 25.7 Å². The number of nitriles is 1.